The summed E-state index contributed by atoms with van der Waals surface area (Å²) in [6, 6.07) is 0. The summed E-state index contributed by atoms with van der Waals surface area (Å²) in [6.07, 6.45) is 4.33. The van der Waals surface area contributed by atoms with E-state index in [-0.39, 0.29) is 35.4 Å². The summed E-state index contributed by atoms with van der Waals surface area (Å²) in [5.41, 5.74) is -0.273. The van der Waals surface area contributed by atoms with Crippen LogP contribution in [0.3, 0.4) is 0 Å². The molecule has 4 aliphatic rings. The quantitative estimate of drug-likeness (QED) is 0.278. The van der Waals surface area contributed by atoms with Crippen LogP contribution >= 0.6 is 46.4 Å². The van der Waals surface area contributed by atoms with Crippen molar-refractivity contribution in [3.8, 4) is 0 Å². The van der Waals surface area contributed by atoms with Crippen LogP contribution in [0, 0.1) is 23.7 Å². The first-order valence-electron chi connectivity index (χ1n) is 8.41. The highest BCUT2D eigenvalue weighted by Crippen LogP contribution is 2.80. The fourth-order valence-electron chi connectivity index (χ4n) is 5.73. The van der Waals surface area contributed by atoms with Gasteiger partial charge in [-0.05, 0) is 20.8 Å². The Bertz CT molecular complexity index is 636. The van der Waals surface area contributed by atoms with Gasteiger partial charge in [-0.2, -0.15) is 0 Å². The van der Waals surface area contributed by atoms with Gasteiger partial charge in [0, 0.05) is 37.9 Å². The zero-order chi connectivity index (χ0) is 18.6. The average molecular weight is 428 g/mol. The molecule has 0 amide bonds. The van der Waals surface area contributed by atoms with Crippen molar-refractivity contribution in [1.82, 2.24) is 0 Å². The van der Waals surface area contributed by atoms with Crippen LogP contribution in [0.25, 0.3) is 0 Å². The zero-order valence-electron chi connectivity index (χ0n) is 14.8. The van der Waals surface area contributed by atoms with Gasteiger partial charge < -0.3 is 14.2 Å². The third-order valence-corrected chi connectivity index (χ3v) is 8.95. The number of hydrogen-bond donors (Lipinski definition) is 0. The fourth-order valence-corrected chi connectivity index (χ4v) is 8.03. The van der Waals surface area contributed by atoms with Gasteiger partial charge in [0.25, 0.3) is 0 Å². The topological polar surface area (TPSA) is 27.7 Å². The van der Waals surface area contributed by atoms with Crippen molar-refractivity contribution >= 4 is 46.4 Å². The number of alkyl halides is 2. The number of rotatable bonds is 3. The van der Waals surface area contributed by atoms with Crippen molar-refractivity contribution in [1.29, 1.82) is 0 Å². The van der Waals surface area contributed by atoms with Crippen LogP contribution in [0.5, 0.6) is 0 Å². The summed E-state index contributed by atoms with van der Waals surface area (Å²) < 4.78 is 18.0. The molecule has 4 rings (SSSR count). The Balaban J connectivity index is 1.88. The lowest BCUT2D eigenvalue weighted by atomic mass is 9.75. The smallest absolute Gasteiger partial charge is 0.217 e. The van der Waals surface area contributed by atoms with E-state index < -0.39 is 15.5 Å². The minimum Gasteiger partial charge on any atom is -0.371 e. The Labute approximate surface area is 168 Å². The molecule has 0 N–H and O–H groups in total. The van der Waals surface area contributed by atoms with E-state index in [4.69, 9.17) is 60.6 Å². The number of methoxy groups -OCH3 is 2. The normalized spacial score (nSPS) is 49.4. The van der Waals surface area contributed by atoms with Crippen molar-refractivity contribution in [2.45, 2.75) is 48.0 Å². The molecule has 4 bridgehead atoms. The molecule has 2 saturated carbocycles. The lowest BCUT2D eigenvalue weighted by Gasteiger charge is -2.43. The second kappa shape index (κ2) is 5.31. The Hall–Kier alpha value is 0.520. The summed E-state index contributed by atoms with van der Waals surface area (Å²) in [7, 11) is 3.08. The minimum absolute atomic E-state index is 0.00926. The largest absolute Gasteiger partial charge is 0.371 e. The molecule has 0 heterocycles. The van der Waals surface area contributed by atoms with E-state index in [0.717, 1.165) is 0 Å². The Morgan fingerprint density at radius 1 is 0.880 bits per heavy atom. The highest BCUT2D eigenvalue weighted by molar-refractivity contribution is 6.52. The molecular weight excluding hydrogens is 406 g/mol. The first-order chi connectivity index (χ1) is 11.5. The third-order valence-electron chi connectivity index (χ3n) is 6.30. The molecule has 7 atom stereocenters. The molecule has 0 saturated heterocycles. The predicted molar refractivity (Wildman–Crippen MR) is 100 cm³/mol. The van der Waals surface area contributed by atoms with Crippen LogP contribution in [0.1, 0.15) is 20.8 Å². The van der Waals surface area contributed by atoms with Gasteiger partial charge in [0.05, 0.1) is 21.8 Å². The minimum atomic E-state index is -1.32. The third kappa shape index (κ3) is 1.83. The SMILES string of the molecule is COC1(OC)[C@@]2(Cl)C(Cl)=C(Cl)[C@]1(Cl)[C@H]1[C@@H]2[C@H]2C=C[C@@H]1C2OC(C)(C)C. The van der Waals surface area contributed by atoms with E-state index in [9.17, 15) is 0 Å². The van der Waals surface area contributed by atoms with Gasteiger partial charge in [-0.15, -0.1) is 23.2 Å². The molecule has 4 aliphatic carbocycles. The highest BCUT2D eigenvalue weighted by Gasteiger charge is 2.88. The molecule has 0 radical (unpaired) electrons. The first-order valence-corrected chi connectivity index (χ1v) is 9.93. The van der Waals surface area contributed by atoms with Crippen LogP contribution in [-0.2, 0) is 14.2 Å². The van der Waals surface area contributed by atoms with Crippen molar-refractivity contribution in [2.75, 3.05) is 14.2 Å². The van der Waals surface area contributed by atoms with E-state index in [2.05, 4.69) is 32.9 Å². The van der Waals surface area contributed by atoms with Crippen molar-refractivity contribution < 1.29 is 14.2 Å². The summed E-state index contributed by atoms with van der Waals surface area (Å²) in [5.74, 6) is -1.32. The van der Waals surface area contributed by atoms with Gasteiger partial charge in [-0.25, -0.2) is 0 Å². The predicted octanol–water partition coefficient (Wildman–Crippen LogP) is 4.88. The van der Waals surface area contributed by atoms with Gasteiger partial charge in [-0.1, -0.05) is 35.4 Å². The van der Waals surface area contributed by atoms with Gasteiger partial charge in [-0.3, -0.25) is 0 Å². The number of ether oxygens (including phenoxy) is 3. The van der Waals surface area contributed by atoms with Crippen LogP contribution in [0.2, 0.25) is 0 Å². The lowest BCUT2D eigenvalue weighted by Crippen LogP contribution is -2.59. The number of hydrogen-bond acceptors (Lipinski definition) is 3. The molecule has 0 aromatic rings. The molecule has 3 nitrogen and oxygen atoms in total. The number of halogens is 4. The molecule has 0 aromatic heterocycles. The summed E-state index contributed by atoms with van der Waals surface area (Å²) >= 11 is 27.6. The van der Waals surface area contributed by atoms with Gasteiger partial charge in [0.15, 0.2) is 0 Å². The maximum absolute atomic E-state index is 7.19. The van der Waals surface area contributed by atoms with Crippen molar-refractivity contribution in [2.24, 2.45) is 23.7 Å². The Morgan fingerprint density at radius 3 is 1.60 bits per heavy atom. The van der Waals surface area contributed by atoms with Crippen molar-refractivity contribution in [3.63, 3.8) is 0 Å². The molecule has 0 aromatic carbocycles. The van der Waals surface area contributed by atoms with E-state index in [1.165, 1.54) is 14.2 Å². The molecule has 0 aliphatic heterocycles. The molecule has 2 fully saturated rings. The molecule has 0 spiro atoms. The Kier molecular flexibility index (Phi) is 4.01. The monoisotopic (exact) mass is 426 g/mol. The van der Waals surface area contributed by atoms with Crippen molar-refractivity contribution in [3.05, 3.63) is 22.2 Å². The van der Waals surface area contributed by atoms with E-state index in [0.29, 0.717) is 10.1 Å². The lowest BCUT2D eigenvalue weighted by molar-refractivity contribution is -0.225. The highest BCUT2D eigenvalue weighted by atomic mass is 35.5. The second-order valence-electron chi connectivity index (χ2n) is 8.36. The van der Waals surface area contributed by atoms with Crippen LogP contribution in [0.4, 0.5) is 0 Å². The van der Waals surface area contributed by atoms with Crippen LogP contribution in [-0.4, -0.2) is 41.5 Å². The maximum Gasteiger partial charge on any atom is 0.217 e. The number of fused-ring (bicyclic) bond motifs is 9. The Morgan fingerprint density at radius 2 is 1.28 bits per heavy atom. The second-order valence-corrected chi connectivity index (χ2v) is 10.3. The standard InChI is InChI=1S/C18H22Cl4O3/c1-15(2,3)25-12-8-6-7-9(12)11-10(8)16(21)13(19)14(20)17(11,22)18(16,23-4)24-5/h6-12H,1-5H3/t8-,9+,10+,11-,12?,16+,17-. The summed E-state index contributed by atoms with van der Waals surface area (Å²) in [6.45, 7) is 6.15. The maximum atomic E-state index is 7.19. The molecule has 1 unspecified atom stereocenters. The van der Waals surface area contributed by atoms with Crippen LogP contribution < -0.4 is 0 Å². The van der Waals surface area contributed by atoms with E-state index in [1.54, 1.807) is 0 Å². The van der Waals surface area contributed by atoms with Crippen LogP contribution in [0.15, 0.2) is 22.2 Å². The van der Waals surface area contributed by atoms with Gasteiger partial charge >= 0.3 is 0 Å². The average Bonchev–Trinajstić information content (AvgIpc) is 3.14. The molecule has 25 heavy (non-hydrogen) atoms. The van der Waals surface area contributed by atoms with Gasteiger partial charge in [0.2, 0.25) is 5.79 Å². The van der Waals surface area contributed by atoms with Gasteiger partial charge in [0.1, 0.15) is 9.75 Å². The molecule has 7 heteroatoms. The first kappa shape index (κ1) is 18.9. The molecule has 140 valence electrons. The van der Waals surface area contributed by atoms with E-state index in [1.807, 2.05) is 0 Å². The zero-order valence-corrected chi connectivity index (χ0v) is 17.8. The fraction of sp³-hybridized carbons (Fsp3) is 0.778. The summed E-state index contributed by atoms with van der Waals surface area (Å²) in [4.78, 5) is -2.30. The molecular formula is C18H22Cl4O3. The summed E-state index contributed by atoms with van der Waals surface area (Å²) in [5, 5.41) is 0.650. The van der Waals surface area contributed by atoms with E-state index >= 15 is 0 Å².